The van der Waals surface area contributed by atoms with Gasteiger partial charge in [-0.15, -0.1) is 0 Å². The lowest BCUT2D eigenvalue weighted by molar-refractivity contribution is 0.0524. The number of carbonyl (C=O) groups excluding carboxylic acids is 1. The zero-order chi connectivity index (χ0) is 16.3. The fourth-order valence-corrected chi connectivity index (χ4v) is 2.92. The van der Waals surface area contributed by atoms with Crippen molar-refractivity contribution in [3.63, 3.8) is 0 Å². The van der Waals surface area contributed by atoms with Crippen molar-refractivity contribution in [1.82, 2.24) is 9.88 Å². The quantitative estimate of drug-likeness (QED) is 0.603. The van der Waals surface area contributed by atoms with Gasteiger partial charge in [-0.05, 0) is 67.7 Å². The number of fused-ring (bicyclic) bond motifs is 1. The zero-order valence-electron chi connectivity index (χ0n) is 12.9. The molecule has 1 aromatic heterocycles. The number of benzene rings is 1. The zero-order valence-corrected chi connectivity index (χ0v) is 15.1. The summed E-state index contributed by atoms with van der Waals surface area (Å²) in [5.41, 5.74) is 1.68. The van der Waals surface area contributed by atoms with Gasteiger partial charge in [0.05, 0.1) is 6.61 Å². The van der Waals surface area contributed by atoms with Crippen LogP contribution in [-0.2, 0) is 11.2 Å². The van der Waals surface area contributed by atoms with Gasteiger partial charge in [-0.2, -0.15) is 0 Å². The lowest BCUT2D eigenvalue weighted by Gasteiger charge is -2.12. The first-order chi connectivity index (χ1) is 10.4. The van der Waals surface area contributed by atoms with E-state index in [1.54, 1.807) is 6.92 Å². The highest BCUT2D eigenvalue weighted by atomic mass is 127. The number of hydrogen-bond donors (Lipinski definition) is 1. The molecule has 1 aromatic carbocycles. The molecule has 0 fully saturated rings. The van der Waals surface area contributed by atoms with Gasteiger partial charge in [-0.25, -0.2) is 4.79 Å². The van der Waals surface area contributed by atoms with E-state index in [0.29, 0.717) is 5.39 Å². The van der Waals surface area contributed by atoms with Gasteiger partial charge >= 0.3 is 5.97 Å². The molecule has 22 heavy (non-hydrogen) atoms. The Hall–Kier alpha value is -1.41. The SMILES string of the molecule is CCOC(=O)c1c[nH]c2cc(CCN(C)C)c(I)cc2c1=O. The van der Waals surface area contributed by atoms with Crippen LogP contribution in [-0.4, -0.2) is 43.1 Å². The molecule has 0 aliphatic rings. The van der Waals surface area contributed by atoms with Gasteiger partial charge in [0, 0.05) is 27.2 Å². The largest absolute Gasteiger partial charge is 0.462 e. The van der Waals surface area contributed by atoms with Crippen molar-refractivity contribution < 1.29 is 9.53 Å². The molecule has 2 aromatic rings. The third kappa shape index (κ3) is 3.67. The third-order valence-electron chi connectivity index (χ3n) is 3.37. The monoisotopic (exact) mass is 414 g/mol. The molecule has 0 saturated heterocycles. The molecule has 0 amide bonds. The first-order valence-corrected chi connectivity index (χ1v) is 8.17. The van der Waals surface area contributed by atoms with Crippen LogP contribution in [0.2, 0.25) is 0 Å². The summed E-state index contributed by atoms with van der Waals surface area (Å²) in [6.07, 6.45) is 2.34. The summed E-state index contributed by atoms with van der Waals surface area (Å²) in [4.78, 5) is 29.4. The van der Waals surface area contributed by atoms with E-state index in [4.69, 9.17) is 4.74 Å². The van der Waals surface area contributed by atoms with Crippen LogP contribution < -0.4 is 5.43 Å². The lowest BCUT2D eigenvalue weighted by atomic mass is 10.1. The third-order valence-corrected chi connectivity index (χ3v) is 4.38. The molecule has 0 atom stereocenters. The number of aromatic amines is 1. The van der Waals surface area contributed by atoms with Crippen LogP contribution in [0.4, 0.5) is 0 Å². The molecule has 0 unspecified atom stereocenters. The topological polar surface area (TPSA) is 62.4 Å². The van der Waals surface area contributed by atoms with Gasteiger partial charge in [0.1, 0.15) is 5.56 Å². The van der Waals surface area contributed by atoms with Gasteiger partial charge in [-0.1, -0.05) is 0 Å². The van der Waals surface area contributed by atoms with Crippen molar-refractivity contribution >= 4 is 39.5 Å². The Morgan fingerprint density at radius 2 is 2.09 bits per heavy atom. The maximum atomic E-state index is 12.4. The second kappa shape index (κ2) is 7.23. The van der Waals surface area contributed by atoms with E-state index in [1.807, 2.05) is 26.2 Å². The van der Waals surface area contributed by atoms with Crippen molar-refractivity contribution in [1.29, 1.82) is 0 Å². The Bertz CT molecular complexity index is 753. The summed E-state index contributed by atoms with van der Waals surface area (Å²) in [6.45, 7) is 2.90. The average molecular weight is 414 g/mol. The van der Waals surface area contributed by atoms with Crippen molar-refractivity contribution in [2.75, 3.05) is 27.2 Å². The average Bonchev–Trinajstić information content (AvgIpc) is 2.46. The highest BCUT2D eigenvalue weighted by Crippen LogP contribution is 2.19. The molecule has 1 N–H and O–H groups in total. The van der Waals surface area contributed by atoms with Crippen molar-refractivity contribution in [3.8, 4) is 0 Å². The smallest absolute Gasteiger partial charge is 0.343 e. The number of hydrogen-bond acceptors (Lipinski definition) is 4. The fraction of sp³-hybridized carbons (Fsp3) is 0.375. The minimum absolute atomic E-state index is 0.0474. The number of rotatable bonds is 5. The number of esters is 1. The van der Waals surface area contributed by atoms with Crippen molar-refractivity contribution in [3.05, 3.63) is 43.2 Å². The number of nitrogens with zero attached hydrogens (tertiary/aromatic N) is 1. The van der Waals surface area contributed by atoms with Gasteiger partial charge in [-0.3, -0.25) is 4.79 Å². The Morgan fingerprint density at radius 1 is 1.36 bits per heavy atom. The molecule has 0 aliphatic carbocycles. The normalized spacial score (nSPS) is 11.1. The molecule has 118 valence electrons. The summed E-state index contributed by atoms with van der Waals surface area (Å²) < 4.78 is 5.94. The number of likely N-dealkylation sites (N-methyl/N-ethyl adjacent to an activating group) is 1. The lowest BCUT2D eigenvalue weighted by Crippen LogP contribution is -2.19. The standard InChI is InChI=1S/C16H19IN2O3/c1-4-22-16(21)12-9-18-14-7-10(5-6-19(2)3)13(17)8-11(14)15(12)20/h7-9H,4-6H2,1-3H3,(H,18,20). The van der Waals surface area contributed by atoms with E-state index in [0.717, 1.165) is 22.1 Å². The summed E-state index contributed by atoms with van der Waals surface area (Å²) in [6, 6.07) is 3.82. The Morgan fingerprint density at radius 3 is 2.73 bits per heavy atom. The van der Waals surface area contributed by atoms with Crippen LogP contribution in [0, 0.1) is 3.57 Å². The van der Waals surface area contributed by atoms with Gasteiger partial charge in [0.25, 0.3) is 0 Å². The summed E-state index contributed by atoms with van der Waals surface area (Å²) >= 11 is 2.23. The van der Waals surface area contributed by atoms with E-state index in [2.05, 4.69) is 32.5 Å². The summed E-state index contributed by atoms with van der Waals surface area (Å²) in [5.74, 6) is -0.586. The van der Waals surface area contributed by atoms with Crippen LogP contribution in [0.15, 0.2) is 23.1 Å². The molecular weight excluding hydrogens is 395 g/mol. The van der Waals surface area contributed by atoms with Crippen molar-refractivity contribution in [2.45, 2.75) is 13.3 Å². The predicted octanol–water partition coefficient (Wildman–Crippen LogP) is 2.41. The number of H-pyrrole nitrogens is 1. The minimum atomic E-state index is -0.586. The Balaban J connectivity index is 2.47. The molecule has 0 saturated carbocycles. The molecule has 0 aliphatic heterocycles. The minimum Gasteiger partial charge on any atom is -0.462 e. The first-order valence-electron chi connectivity index (χ1n) is 7.09. The molecule has 5 nitrogen and oxygen atoms in total. The maximum Gasteiger partial charge on any atom is 0.343 e. The molecule has 0 spiro atoms. The second-order valence-electron chi connectivity index (χ2n) is 5.29. The van der Waals surface area contributed by atoms with E-state index in [1.165, 1.54) is 11.8 Å². The van der Waals surface area contributed by atoms with E-state index in [9.17, 15) is 9.59 Å². The molecule has 6 heteroatoms. The highest BCUT2D eigenvalue weighted by molar-refractivity contribution is 14.1. The predicted molar refractivity (Wildman–Crippen MR) is 95.5 cm³/mol. The summed E-state index contributed by atoms with van der Waals surface area (Å²) in [7, 11) is 4.06. The van der Waals surface area contributed by atoms with Gasteiger partial charge in [0.15, 0.2) is 0 Å². The Labute approximate surface area is 142 Å². The summed E-state index contributed by atoms with van der Waals surface area (Å²) in [5, 5.41) is 0.517. The fourth-order valence-electron chi connectivity index (χ4n) is 2.18. The van der Waals surface area contributed by atoms with Crippen LogP contribution in [0.3, 0.4) is 0 Å². The molecule has 0 radical (unpaired) electrons. The number of nitrogens with one attached hydrogen (secondary N) is 1. The van der Waals surface area contributed by atoms with Crippen LogP contribution in [0.25, 0.3) is 10.9 Å². The van der Waals surface area contributed by atoms with Crippen molar-refractivity contribution in [2.24, 2.45) is 0 Å². The molecule has 0 bridgehead atoms. The first kappa shape index (κ1) is 17.0. The number of ether oxygens (including phenoxy) is 1. The number of pyridine rings is 1. The van der Waals surface area contributed by atoms with Gasteiger partial charge in [0.2, 0.25) is 5.43 Å². The second-order valence-corrected chi connectivity index (χ2v) is 6.46. The van der Waals surface area contributed by atoms with E-state index >= 15 is 0 Å². The Kier molecular flexibility index (Phi) is 5.57. The van der Waals surface area contributed by atoms with Crippen LogP contribution in [0.5, 0.6) is 0 Å². The van der Waals surface area contributed by atoms with Crippen LogP contribution >= 0.6 is 22.6 Å². The van der Waals surface area contributed by atoms with E-state index in [-0.39, 0.29) is 17.6 Å². The highest BCUT2D eigenvalue weighted by Gasteiger charge is 2.15. The van der Waals surface area contributed by atoms with Crippen LogP contribution in [0.1, 0.15) is 22.8 Å². The molecule has 2 rings (SSSR count). The number of carbonyl (C=O) groups is 1. The maximum absolute atomic E-state index is 12.4. The number of aromatic nitrogens is 1. The number of halogens is 1. The van der Waals surface area contributed by atoms with Gasteiger partial charge < -0.3 is 14.6 Å². The molecular formula is C16H19IN2O3. The molecule has 1 heterocycles. The van der Waals surface area contributed by atoms with E-state index < -0.39 is 5.97 Å².